The summed E-state index contributed by atoms with van der Waals surface area (Å²) in [4.78, 5) is 24.3. The molecule has 5 aromatic rings. The third-order valence-corrected chi connectivity index (χ3v) is 12.5. The molecule has 2 atom stereocenters. The van der Waals surface area contributed by atoms with Crippen molar-refractivity contribution in [2.24, 2.45) is 0 Å². The van der Waals surface area contributed by atoms with E-state index >= 15 is 0 Å². The molecule has 6 rings (SSSR count). The molecule has 1 fully saturated rings. The van der Waals surface area contributed by atoms with Crippen molar-refractivity contribution in [2.75, 3.05) is 0 Å². The number of hydrogen-bond acceptors (Lipinski definition) is 7. The topological polar surface area (TPSA) is 79.8 Å². The molecule has 0 aliphatic carbocycles. The number of aryl methyl sites for hydroxylation is 2. The van der Waals surface area contributed by atoms with Crippen molar-refractivity contribution in [2.45, 2.75) is 118 Å². The average molecular weight is 759 g/mol. The van der Waals surface area contributed by atoms with Gasteiger partial charge < -0.3 is 18.9 Å². The van der Waals surface area contributed by atoms with Gasteiger partial charge in [0.1, 0.15) is 28.8 Å². The molecular formula is C47H55N2O5P. The predicted molar refractivity (Wildman–Crippen MR) is 225 cm³/mol. The maximum Gasteiger partial charge on any atom is 0.134 e. The number of carbonyl (C=O) groups is 1. The highest BCUT2D eigenvalue weighted by Crippen LogP contribution is 2.68. The van der Waals surface area contributed by atoms with E-state index < -0.39 is 7.92 Å². The first kappa shape index (κ1) is 39.9. The molecule has 0 radical (unpaired) electrons. The summed E-state index contributed by atoms with van der Waals surface area (Å²) in [6.07, 6.45) is 0.402. The number of nitrogens with zero attached hydrogens (tertiary/aromatic N) is 2. The molecule has 7 nitrogen and oxygen atoms in total. The quantitative estimate of drug-likeness (QED) is 0.111. The van der Waals surface area contributed by atoms with E-state index in [1.54, 1.807) is 0 Å². The lowest BCUT2D eigenvalue weighted by Gasteiger charge is -2.40. The fourth-order valence-electron chi connectivity index (χ4n) is 7.42. The summed E-state index contributed by atoms with van der Waals surface area (Å²) < 4.78 is 26.5. The largest absolute Gasteiger partial charge is 0.490 e. The van der Waals surface area contributed by atoms with Crippen LogP contribution >= 0.6 is 7.92 Å². The fraction of sp³-hybridized carbons (Fsp3) is 0.383. The van der Waals surface area contributed by atoms with Crippen LogP contribution in [0.3, 0.4) is 0 Å². The van der Waals surface area contributed by atoms with E-state index in [-0.39, 0.29) is 41.5 Å². The zero-order valence-corrected chi connectivity index (χ0v) is 34.8. The molecule has 0 bridgehead atoms. The van der Waals surface area contributed by atoms with Gasteiger partial charge in [-0.1, -0.05) is 50.4 Å². The van der Waals surface area contributed by atoms with Crippen LogP contribution in [0, 0.1) is 13.8 Å². The maximum absolute atomic E-state index is 14.1. The van der Waals surface area contributed by atoms with Gasteiger partial charge in [-0.3, -0.25) is 14.8 Å². The summed E-state index contributed by atoms with van der Waals surface area (Å²) in [6, 6.07) is 30.9. The lowest BCUT2D eigenvalue weighted by atomic mass is 9.96. The van der Waals surface area contributed by atoms with E-state index in [2.05, 4.69) is 42.5 Å². The van der Waals surface area contributed by atoms with Gasteiger partial charge >= 0.3 is 0 Å². The first-order valence-electron chi connectivity index (χ1n) is 19.5. The van der Waals surface area contributed by atoms with Crippen LogP contribution in [0.25, 0.3) is 22.3 Å². The van der Waals surface area contributed by atoms with Crippen LogP contribution < -0.4 is 24.3 Å². The number of ether oxygens (including phenoxy) is 4. The first-order chi connectivity index (χ1) is 26.3. The van der Waals surface area contributed by atoms with Crippen LogP contribution in [0.4, 0.5) is 0 Å². The zero-order chi connectivity index (χ0) is 39.4. The molecule has 0 N–H and O–H groups in total. The highest BCUT2D eigenvalue weighted by Gasteiger charge is 2.44. The number of pyridine rings is 2. The van der Waals surface area contributed by atoms with Crippen LogP contribution in [0.1, 0.15) is 102 Å². The standard InChI is InChI=1S/C47H55N2O5P/c1-28(2)51-39-22-14-23-40(52-29(3)4)45(39)35-18-13-19-36(46-41(53-30(5)6)24-15-25-42(46)54-31(7)8)47(35)55-43(37-20-11-16-32(9)48-37)26-34(50)27-44(55)38-21-12-17-33(10)49-38/h11-25,28-31,43-44H,26-27H2,1-10H3. The van der Waals surface area contributed by atoms with E-state index in [0.29, 0.717) is 12.8 Å². The third-order valence-electron chi connectivity index (χ3n) is 9.28. The fourth-order valence-corrected chi connectivity index (χ4v) is 11.1. The zero-order valence-electron chi connectivity index (χ0n) is 33.9. The minimum Gasteiger partial charge on any atom is -0.490 e. The van der Waals surface area contributed by atoms with E-state index in [9.17, 15) is 4.79 Å². The molecule has 3 aromatic carbocycles. The normalized spacial score (nSPS) is 17.3. The second-order valence-corrected chi connectivity index (χ2v) is 17.9. The van der Waals surface area contributed by atoms with E-state index in [1.165, 1.54) is 0 Å². The maximum atomic E-state index is 14.1. The second-order valence-electron chi connectivity index (χ2n) is 15.4. The molecule has 2 aromatic heterocycles. The van der Waals surface area contributed by atoms with Crippen molar-refractivity contribution in [3.8, 4) is 45.3 Å². The van der Waals surface area contributed by atoms with Gasteiger partial charge in [-0.25, -0.2) is 0 Å². The van der Waals surface area contributed by atoms with Gasteiger partial charge in [0.2, 0.25) is 0 Å². The first-order valence-corrected chi connectivity index (χ1v) is 21.0. The Labute approximate surface area is 328 Å². The van der Waals surface area contributed by atoms with Crippen molar-refractivity contribution in [1.82, 2.24) is 9.97 Å². The third kappa shape index (κ3) is 9.22. The number of aromatic nitrogens is 2. The molecule has 0 spiro atoms. The Morgan fingerprint density at radius 3 is 1.16 bits per heavy atom. The lowest BCUT2D eigenvalue weighted by molar-refractivity contribution is -0.119. The van der Waals surface area contributed by atoms with Crippen molar-refractivity contribution in [3.63, 3.8) is 0 Å². The van der Waals surface area contributed by atoms with Crippen LogP contribution in [0.15, 0.2) is 91.0 Å². The number of hydrogen-bond donors (Lipinski definition) is 0. The van der Waals surface area contributed by atoms with Gasteiger partial charge in [-0.15, -0.1) is 0 Å². The van der Waals surface area contributed by atoms with Gasteiger partial charge in [0.15, 0.2) is 0 Å². The van der Waals surface area contributed by atoms with Crippen LogP contribution in [-0.2, 0) is 4.79 Å². The molecule has 288 valence electrons. The highest BCUT2D eigenvalue weighted by atomic mass is 31.1. The summed E-state index contributed by atoms with van der Waals surface area (Å²) in [6.45, 7) is 20.4. The Balaban J connectivity index is 1.81. The molecular weight excluding hydrogens is 704 g/mol. The number of rotatable bonds is 13. The van der Waals surface area contributed by atoms with Gasteiger partial charge in [0.05, 0.1) is 35.5 Å². The van der Waals surface area contributed by atoms with Crippen molar-refractivity contribution in [1.29, 1.82) is 0 Å². The predicted octanol–water partition coefficient (Wildman–Crippen LogP) is 11.5. The molecule has 55 heavy (non-hydrogen) atoms. The van der Waals surface area contributed by atoms with E-state index in [1.807, 2.05) is 118 Å². The van der Waals surface area contributed by atoms with Crippen LogP contribution in [-0.4, -0.2) is 40.2 Å². The van der Waals surface area contributed by atoms with Crippen LogP contribution in [0.2, 0.25) is 0 Å². The molecule has 1 saturated heterocycles. The average Bonchev–Trinajstić information content (AvgIpc) is 3.10. The van der Waals surface area contributed by atoms with Gasteiger partial charge in [-0.05, 0) is 134 Å². The van der Waals surface area contributed by atoms with E-state index in [0.717, 1.165) is 73.3 Å². The Morgan fingerprint density at radius 2 is 0.836 bits per heavy atom. The Kier molecular flexibility index (Phi) is 12.6. The van der Waals surface area contributed by atoms with Gasteiger partial charge in [0, 0.05) is 46.9 Å². The van der Waals surface area contributed by atoms with Gasteiger partial charge in [-0.2, -0.15) is 0 Å². The lowest BCUT2D eigenvalue weighted by Crippen LogP contribution is -2.27. The Morgan fingerprint density at radius 1 is 0.509 bits per heavy atom. The Bertz CT molecular complexity index is 1930. The molecule has 3 heterocycles. The molecule has 2 unspecified atom stereocenters. The smallest absolute Gasteiger partial charge is 0.134 e. The molecule has 0 saturated carbocycles. The highest BCUT2D eigenvalue weighted by molar-refractivity contribution is 7.67. The summed E-state index contributed by atoms with van der Waals surface area (Å²) in [5.74, 6) is 3.14. The molecule has 1 aliphatic heterocycles. The number of benzene rings is 3. The Hall–Kier alpha value is -4.74. The number of Topliss-reactive ketones (excluding diaryl/α,β-unsaturated/α-hetero) is 1. The van der Waals surface area contributed by atoms with Crippen molar-refractivity contribution in [3.05, 3.63) is 114 Å². The van der Waals surface area contributed by atoms with Gasteiger partial charge in [0.25, 0.3) is 0 Å². The van der Waals surface area contributed by atoms with Crippen molar-refractivity contribution >= 4 is 19.0 Å². The summed E-state index contributed by atoms with van der Waals surface area (Å²) in [5, 5.41) is 1.11. The monoisotopic (exact) mass is 758 g/mol. The van der Waals surface area contributed by atoms with Crippen molar-refractivity contribution < 1.29 is 23.7 Å². The minimum atomic E-state index is -1.29. The molecule has 1 aliphatic rings. The number of carbonyl (C=O) groups excluding carboxylic acids is 1. The minimum absolute atomic E-state index is 0.0857. The summed E-state index contributed by atoms with van der Waals surface area (Å²) in [5.41, 5.74) is 6.95. The summed E-state index contributed by atoms with van der Waals surface area (Å²) >= 11 is 0. The molecule has 8 heteroatoms. The molecule has 0 amide bonds. The SMILES string of the molecule is Cc1cccc(C2CC(=O)CC(c3cccc(C)n3)P2c2c(-c3c(OC(C)C)cccc3OC(C)C)cccc2-c2c(OC(C)C)cccc2OC(C)C)n1. The second kappa shape index (κ2) is 17.4. The summed E-state index contributed by atoms with van der Waals surface area (Å²) in [7, 11) is -1.29. The number of ketones is 1. The van der Waals surface area contributed by atoms with E-state index in [4.69, 9.17) is 28.9 Å². The van der Waals surface area contributed by atoms with Crippen LogP contribution in [0.5, 0.6) is 23.0 Å².